The van der Waals surface area contributed by atoms with Crippen LogP contribution >= 0.6 is 11.8 Å². The van der Waals surface area contributed by atoms with Gasteiger partial charge in [-0.3, -0.25) is 0 Å². The number of benzene rings is 2. The van der Waals surface area contributed by atoms with Gasteiger partial charge in [0.1, 0.15) is 0 Å². The molecule has 0 bridgehead atoms. The maximum Gasteiger partial charge on any atom is 0.0991 e. The summed E-state index contributed by atoms with van der Waals surface area (Å²) in [5.41, 5.74) is 3.84. The maximum absolute atomic E-state index is 4.20. The molecule has 0 aliphatic carbocycles. The van der Waals surface area contributed by atoms with E-state index in [1.165, 1.54) is 16.0 Å². The van der Waals surface area contributed by atoms with Crippen molar-refractivity contribution in [2.45, 2.75) is 36.5 Å². The highest BCUT2D eigenvalue weighted by atomic mass is 32.2. The second-order valence-corrected chi connectivity index (χ2v) is 8.36. The normalized spacial score (nSPS) is 12.2. The van der Waals surface area contributed by atoms with E-state index in [1.807, 2.05) is 47.6 Å². The van der Waals surface area contributed by atoms with Crippen LogP contribution in [0.5, 0.6) is 0 Å². The topological polar surface area (TPSA) is 35.6 Å². The van der Waals surface area contributed by atoms with Crippen LogP contribution in [0.1, 0.15) is 17.5 Å². The van der Waals surface area contributed by atoms with E-state index in [4.69, 9.17) is 0 Å². The Balaban J connectivity index is 1.44. The second kappa shape index (κ2) is 8.93. The molecule has 2 aromatic carbocycles. The smallest absolute Gasteiger partial charge is 0.0991 e. The van der Waals surface area contributed by atoms with Crippen LogP contribution in [0.25, 0.3) is 5.69 Å². The average Bonchev–Trinajstić information content (AvgIpc) is 3.42. The highest BCUT2D eigenvalue weighted by molar-refractivity contribution is 8.00. The third-order valence-electron chi connectivity index (χ3n) is 4.79. The molecule has 0 saturated carbocycles. The zero-order chi connectivity index (χ0) is 19.2. The fourth-order valence-electron chi connectivity index (χ4n) is 3.20. The molecule has 0 N–H and O–H groups in total. The Kier molecular flexibility index (Phi) is 5.92. The molecule has 0 fully saturated rings. The third-order valence-corrected chi connectivity index (χ3v) is 6.05. The van der Waals surface area contributed by atoms with E-state index in [0.29, 0.717) is 5.25 Å². The second-order valence-electron chi connectivity index (χ2n) is 6.99. The van der Waals surface area contributed by atoms with Crippen molar-refractivity contribution in [1.82, 2.24) is 19.1 Å². The lowest BCUT2D eigenvalue weighted by molar-refractivity contribution is 0.624. The molecule has 0 amide bonds. The van der Waals surface area contributed by atoms with Crippen LogP contribution in [0.4, 0.5) is 0 Å². The Morgan fingerprint density at radius 1 is 0.893 bits per heavy atom. The monoisotopic (exact) mass is 388 g/mol. The predicted octanol–water partition coefficient (Wildman–Crippen LogP) is 5.17. The van der Waals surface area contributed by atoms with Gasteiger partial charge in [0.2, 0.25) is 0 Å². The molecule has 28 heavy (non-hydrogen) atoms. The number of hydrogen-bond donors (Lipinski definition) is 0. The molecule has 0 aliphatic heterocycles. The predicted molar refractivity (Wildman–Crippen MR) is 115 cm³/mol. The van der Waals surface area contributed by atoms with Crippen molar-refractivity contribution < 1.29 is 0 Å². The molecule has 5 heteroatoms. The third kappa shape index (κ3) is 4.93. The summed E-state index contributed by atoms with van der Waals surface area (Å²) in [4.78, 5) is 9.60. The number of rotatable bonds is 8. The molecule has 142 valence electrons. The van der Waals surface area contributed by atoms with Gasteiger partial charge in [-0.2, -0.15) is 0 Å². The summed E-state index contributed by atoms with van der Waals surface area (Å²) in [5, 5.41) is 0.481. The SMILES string of the molecule is Cc1ccc(CCC(Cn2ccnc2)Sc2ccc(-n3ccnc3)cc2)cc1. The number of imidazole rings is 2. The van der Waals surface area contributed by atoms with Crippen molar-refractivity contribution in [3.63, 3.8) is 0 Å². The van der Waals surface area contributed by atoms with Crippen LogP contribution in [-0.4, -0.2) is 24.4 Å². The molecule has 4 rings (SSSR count). The van der Waals surface area contributed by atoms with Crippen LogP contribution < -0.4 is 0 Å². The van der Waals surface area contributed by atoms with Crippen molar-refractivity contribution in [3.05, 3.63) is 97.1 Å². The van der Waals surface area contributed by atoms with Crippen LogP contribution in [0, 0.1) is 6.92 Å². The summed E-state index contributed by atoms with van der Waals surface area (Å²) in [6.45, 7) is 3.09. The highest BCUT2D eigenvalue weighted by Crippen LogP contribution is 2.28. The van der Waals surface area contributed by atoms with Crippen molar-refractivity contribution in [2.75, 3.05) is 0 Å². The fraction of sp³-hybridized carbons (Fsp3) is 0.217. The zero-order valence-corrected chi connectivity index (χ0v) is 16.8. The molecule has 0 spiro atoms. The molecule has 2 heterocycles. The average molecular weight is 389 g/mol. The van der Waals surface area contributed by atoms with Crippen LogP contribution in [0.3, 0.4) is 0 Å². The van der Waals surface area contributed by atoms with Crippen LogP contribution in [-0.2, 0) is 13.0 Å². The zero-order valence-electron chi connectivity index (χ0n) is 16.0. The van der Waals surface area contributed by atoms with Crippen molar-refractivity contribution in [1.29, 1.82) is 0 Å². The molecule has 2 aromatic heterocycles. The van der Waals surface area contributed by atoms with Gasteiger partial charge >= 0.3 is 0 Å². The Hall–Kier alpha value is -2.79. The first-order chi connectivity index (χ1) is 13.8. The lowest BCUT2D eigenvalue weighted by Gasteiger charge is -2.18. The first kappa shape index (κ1) is 18.6. The highest BCUT2D eigenvalue weighted by Gasteiger charge is 2.12. The summed E-state index contributed by atoms with van der Waals surface area (Å²) in [7, 11) is 0. The molecular weight excluding hydrogens is 364 g/mol. The first-order valence-electron chi connectivity index (χ1n) is 9.52. The quantitative estimate of drug-likeness (QED) is 0.391. The van der Waals surface area contributed by atoms with Gasteiger partial charge in [-0.15, -0.1) is 11.8 Å². The summed E-state index contributed by atoms with van der Waals surface area (Å²) in [6, 6.07) is 17.6. The summed E-state index contributed by atoms with van der Waals surface area (Å²) in [5.74, 6) is 0. The number of nitrogens with zero attached hydrogens (tertiary/aromatic N) is 4. The van der Waals surface area contributed by atoms with Gasteiger partial charge in [0.15, 0.2) is 0 Å². The van der Waals surface area contributed by atoms with Gasteiger partial charge in [-0.05, 0) is 49.6 Å². The minimum absolute atomic E-state index is 0.481. The molecule has 4 nitrogen and oxygen atoms in total. The van der Waals surface area contributed by atoms with Gasteiger partial charge in [0.05, 0.1) is 12.7 Å². The van der Waals surface area contributed by atoms with E-state index >= 15 is 0 Å². The Labute approximate surface area is 170 Å². The van der Waals surface area contributed by atoms with Crippen LogP contribution in [0.2, 0.25) is 0 Å². The van der Waals surface area contributed by atoms with Crippen molar-refractivity contribution in [3.8, 4) is 5.69 Å². The van der Waals surface area contributed by atoms with Gasteiger partial charge in [-0.1, -0.05) is 29.8 Å². The molecule has 1 atom stereocenters. The molecule has 0 radical (unpaired) electrons. The van der Waals surface area contributed by atoms with Gasteiger partial charge in [-0.25, -0.2) is 9.97 Å². The molecular formula is C23H24N4S. The number of aromatic nitrogens is 4. The Morgan fingerprint density at radius 3 is 2.32 bits per heavy atom. The standard InChI is InChI=1S/C23H24N4S/c1-19-2-4-20(5-3-19)6-9-23(16-26-14-12-24-17-26)28-22-10-7-21(8-11-22)27-15-13-25-18-27/h2-5,7-8,10-15,17-18,23H,6,9,16H2,1H3. The first-order valence-corrected chi connectivity index (χ1v) is 10.4. The fourth-order valence-corrected chi connectivity index (χ4v) is 4.36. The summed E-state index contributed by atoms with van der Waals surface area (Å²) >= 11 is 1.94. The lowest BCUT2D eigenvalue weighted by atomic mass is 10.1. The minimum atomic E-state index is 0.481. The van der Waals surface area contributed by atoms with Crippen LogP contribution in [0.15, 0.2) is 90.9 Å². The number of hydrogen-bond acceptors (Lipinski definition) is 3. The lowest BCUT2D eigenvalue weighted by Crippen LogP contribution is -2.13. The molecule has 1 unspecified atom stereocenters. The molecule has 4 aromatic rings. The number of aryl methyl sites for hydroxylation is 2. The number of thioether (sulfide) groups is 1. The Morgan fingerprint density at radius 2 is 1.64 bits per heavy atom. The molecule has 0 saturated heterocycles. The van der Waals surface area contributed by atoms with Gasteiger partial charge in [0, 0.05) is 47.2 Å². The van der Waals surface area contributed by atoms with E-state index in [-0.39, 0.29) is 0 Å². The summed E-state index contributed by atoms with van der Waals surface area (Å²) < 4.78 is 4.20. The summed E-state index contributed by atoms with van der Waals surface area (Å²) in [6.07, 6.45) is 13.6. The maximum atomic E-state index is 4.20. The van der Waals surface area contributed by atoms with E-state index in [9.17, 15) is 0 Å². The largest absolute Gasteiger partial charge is 0.336 e. The van der Waals surface area contributed by atoms with E-state index < -0.39 is 0 Å². The van der Waals surface area contributed by atoms with Crippen molar-refractivity contribution in [2.24, 2.45) is 0 Å². The van der Waals surface area contributed by atoms with Gasteiger partial charge in [0.25, 0.3) is 0 Å². The van der Waals surface area contributed by atoms with Gasteiger partial charge < -0.3 is 9.13 Å². The minimum Gasteiger partial charge on any atom is -0.336 e. The van der Waals surface area contributed by atoms with Crippen molar-refractivity contribution >= 4 is 11.8 Å². The Bertz CT molecular complexity index is 959. The molecule has 0 aliphatic rings. The van der Waals surface area contributed by atoms with E-state index in [0.717, 1.165) is 25.1 Å². The van der Waals surface area contributed by atoms with E-state index in [2.05, 4.69) is 70.0 Å². The van der Waals surface area contributed by atoms with E-state index in [1.54, 1.807) is 6.20 Å².